The summed E-state index contributed by atoms with van der Waals surface area (Å²) in [5, 5.41) is 0. The minimum Gasteiger partial charge on any atom is -0.206 e. The summed E-state index contributed by atoms with van der Waals surface area (Å²) in [6.45, 7) is 12.8. The quantitative estimate of drug-likeness (QED) is 0.359. The molecule has 7 aliphatic carbocycles. The van der Waals surface area contributed by atoms with Gasteiger partial charge in [0.15, 0.2) is 0 Å². The average molecular weight is 475 g/mol. The molecular formula is C32H52F2. The van der Waals surface area contributed by atoms with Crippen molar-refractivity contribution in [2.45, 2.75) is 124 Å². The van der Waals surface area contributed by atoms with Crippen molar-refractivity contribution in [1.29, 1.82) is 0 Å². The lowest BCUT2D eigenvalue weighted by molar-refractivity contribution is -0.0984. The van der Waals surface area contributed by atoms with Crippen molar-refractivity contribution in [3.05, 3.63) is 0 Å². The van der Waals surface area contributed by atoms with Crippen molar-refractivity contribution in [3.8, 4) is 0 Å². The maximum Gasteiger partial charge on any atom is 0.254 e. The van der Waals surface area contributed by atoms with Crippen LogP contribution in [0.1, 0.15) is 118 Å². The highest BCUT2D eigenvalue weighted by Crippen LogP contribution is 2.69. The van der Waals surface area contributed by atoms with E-state index in [0.717, 1.165) is 84.9 Å². The van der Waals surface area contributed by atoms with Gasteiger partial charge in [-0.1, -0.05) is 34.6 Å². The van der Waals surface area contributed by atoms with Crippen molar-refractivity contribution in [2.75, 3.05) is 0 Å². The minimum absolute atomic E-state index is 0.186. The van der Waals surface area contributed by atoms with Gasteiger partial charge in [0, 0.05) is 11.8 Å². The summed E-state index contributed by atoms with van der Waals surface area (Å²) in [6, 6.07) is 0. The van der Waals surface area contributed by atoms with Gasteiger partial charge < -0.3 is 0 Å². The van der Waals surface area contributed by atoms with Gasteiger partial charge >= 0.3 is 0 Å². The molecule has 0 radical (unpaired) electrons. The predicted octanol–water partition coefficient (Wildman–Crippen LogP) is 9.63. The second kappa shape index (κ2) is 8.18. The smallest absolute Gasteiger partial charge is 0.206 e. The molecule has 7 atom stereocenters. The molecule has 194 valence electrons. The SMILES string of the molecule is CC(C)C1C2CCC1C(C(C)(C)C1CC3CC(C1)C3CC(C)C1CCC3(CC1)CC3(F)F)CC2. The van der Waals surface area contributed by atoms with E-state index in [4.69, 9.17) is 0 Å². The van der Waals surface area contributed by atoms with E-state index in [9.17, 15) is 8.78 Å². The van der Waals surface area contributed by atoms with Crippen LogP contribution in [-0.4, -0.2) is 5.92 Å². The molecular weight excluding hydrogens is 422 g/mol. The van der Waals surface area contributed by atoms with E-state index in [1.165, 1.54) is 51.4 Å². The molecule has 7 saturated carbocycles. The second-order valence-electron chi connectivity index (χ2n) is 15.6. The van der Waals surface area contributed by atoms with E-state index in [0.29, 0.717) is 11.3 Å². The maximum atomic E-state index is 13.8. The molecule has 0 N–H and O–H groups in total. The number of hydrogen-bond acceptors (Lipinski definition) is 0. The molecule has 0 saturated heterocycles. The Balaban J connectivity index is 1.04. The standard InChI is InChI=1S/C32H52F2/c1-19(2)29-22-6-8-26(29)28(9-7-22)30(4,5)25-16-23-15-24(17-25)27(23)14-20(3)21-10-12-31(13-11-21)18-32(31,33)34/h19-29H,6-18H2,1-5H3. The third-order valence-corrected chi connectivity index (χ3v) is 13.7. The van der Waals surface area contributed by atoms with E-state index in [1.54, 1.807) is 0 Å². The fourth-order valence-corrected chi connectivity index (χ4v) is 11.4. The van der Waals surface area contributed by atoms with Gasteiger partial charge in [-0.3, -0.25) is 0 Å². The van der Waals surface area contributed by atoms with Gasteiger partial charge in [0.1, 0.15) is 0 Å². The molecule has 0 heterocycles. The van der Waals surface area contributed by atoms with Gasteiger partial charge in [-0.25, -0.2) is 8.78 Å². The third-order valence-electron chi connectivity index (χ3n) is 13.7. The Kier molecular flexibility index (Phi) is 5.82. The summed E-state index contributed by atoms with van der Waals surface area (Å²) in [4.78, 5) is 0. The van der Waals surface area contributed by atoms with E-state index >= 15 is 0 Å². The largest absolute Gasteiger partial charge is 0.254 e. The molecule has 4 bridgehead atoms. The van der Waals surface area contributed by atoms with E-state index in [1.807, 2.05) is 0 Å². The summed E-state index contributed by atoms with van der Waals surface area (Å²) < 4.78 is 27.6. The monoisotopic (exact) mass is 474 g/mol. The predicted molar refractivity (Wildman–Crippen MR) is 137 cm³/mol. The van der Waals surface area contributed by atoms with E-state index in [-0.39, 0.29) is 6.42 Å². The van der Waals surface area contributed by atoms with Crippen LogP contribution in [-0.2, 0) is 0 Å². The lowest BCUT2D eigenvalue weighted by Gasteiger charge is -2.59. The summed E-state index contributed by atoms with van der Waals surface area (Å²) in [5.74, 6) is 7.77. The van der Waals surface area contributed by atoms with E-state index < -0.39 is 11.3 Å². The Hall–Kier alpha value is -0.140. The van der Waals surface area contributed by atoms with Crippen LogP contribution in [0.25, 0.3) is 0 Å². The molecule has 0 aromatic rings. The molecule has 2 heteroatoms. The van der Waals surface area contributed by atoms with Crippen LogP contribution in [0.4, 0.5) is 8.78 Å². The number of alkyl halides is 2. The third kappa shape index (κ3) is 3.68. The van der Waals surface area contributed by atoms with Crippen molar-refractivity contribution in [2.24, 2.45) is 75.9 Å². The number of halogens is 2. The molecule has 0 nitrogen and oxygen atoms in total. The first kappa shape index (κ1) is 24.2. The van der Waals surface area contributed by atoms with Gasteiger partial charge in [-0.15, -0.1) is 0 Å². The Labute approximate surface area is 208 Å². The Morgan fingerprint density at radius 3 is 2.03 bits per heavy atom. The van der Waals surface area contributed by atoms with Gasteiger partial charge in [0.05, 0.1) is 0 Å². The van der Waals surface area contributed by atoms with Crippen molar-refractivity contribution in [1.82, 2.24) is 0 Å². The normalized spacial score (nSPS) is 50.3. The zero-order chi connectivity index (χ0) is 24.0. The van der Waals surface area contributed by atoms with Crippen LogP contribution in [0.5, 0.6) is 0 Å². The summed E-state index contributed by atoms with van der Waals surface area (Å²) >= 11 is 0. The Morgan fingerprint density at radius 1 is 0.824 bits per heavy atom. The molecule has 7 rings (SSSR count). The number of hydrogen-bond donors (Lipinski definition) is 0. The first-order valence-electron chi connectivity index (χ1n) is 15.4. The second-order valence-corrected chi connectivity index (χ2v) is 15.6. The van der Waals surface area contributed by atoms with Crippen LogP contribution < -0.4 is 0 Å². The van der Waals surface area contributed by atoms with Gasteiger partial charge in [-0.2, -0.15) is 0 Å². The highest BCUT2D eigenvalue weighted by molar-refractivity contribution is 5.12. The minimum atomic E-state index is -2.33. The lowest BCUT2D eigenvalue weighted by atomic mass is 9.46. The van der Waals surface area contributed by atoms with Gasteiger partial charge in [-0.05, 0) is 148 Å². The topological polar surface area (TPSA) is 0 Å². The van der Waals surface area contributed by atoms with Crippen LogP contribution in [0.15, 0.2) is 0 Å². The summed E-state index contributed by atoms with van der Waals surface area (Å²) in [5.41, 5.74) is -0.0597. The molecule has 0 aliphatic heterocycles. The summed E-state index contributed by atoms with van der Waals surface area (Å²) in [6.07, 6.45) is 15.8. The van der Waals surface area contributed by atoms with E-state index in [2.05, 4.69) is 34.6 Å². The van der Waals surface area contributed by atoms with Crippen LogP contribution in [0.3, 0.4) is 0 Å². The van der Waals surface area contributed by atoms with Crippen LogP contribution >= 0.6 is 0 Å². The molecule has 7 fully saturated rings. The highest BCUT2D eigenvalue weighted by atomic mass is 19.3. The zero-order valence-electron chi connectivity index (χ0n) is 22.8. The lowest BCUT2D eigenvalue weighted by Crippen LogP contribution is -2.51. The van der Waals surface area contributed by atoms with Crippen molar-refractivity contribution >= 4 is 0 Å². The molecule has 1 spiro atoms. The van der Waals surface area contributed by atoms with Crippen molar-refractivity contribution in [3.63, 3.8) is 0 Å². The van der Waals surface area contributed by atoms with Crippen LogP contribution in [0.2, 0.25) is 0 Å². The average Bonchev–Trinajstić information content (AvgIpc) is 3.18. The number of rotatable bonds is 6. The maximum absolute atomic E-state index is 13.8. The first-order valence-corrected chi connectivity index (χ1v) is 15.4. The number of fused-ring (bicyclic) bond motifs is 4. The molecule has 0 aromatic heterocycles. The van der Waals surface area contributed by atoms with Crippen molar-refractivity contribution < 1.29 is 8.78 Å². The molecule has 7 aliphatic rings. The van der Waals surface area contributed by atoms with Crippen LogP contribution in [0, 0.1) is 75.9 Å². The van der Waals surface area contributed by atoms with Gasteiger partial charge in [0.25, 0.3) is 5.92 Å². The highest BCUT2D eigenvalue weighted by Gasteiger charge is 2.70. The summed E-state index contributed by atoms with van der Waals surface area (Å²) in [7, 11) is 0. The molecule has 0 aromatic carbocycles. The Morgan fingerprint density at radius 2 is 1.44 bits per heavy atom. The Bertz CT molecular complexity index is 747. The fourth-order valence-electron chi connectivity index (χ4n) is 11.4. The first-order chi connectivity index (χ1) is 16.0. The molecule has 7 unspecified atom stereocenters. The van der Waals surface area contributed by atoms with Gasteiger partial charge in [0.2, 0.25) is 0 Å². The molecule has 0 amide bonds. The molecule has 34 heavy (non-hydrogen) atoms. The fraction of sp³-hybridized carbons (Fsp3) is 1.00. The zero-order valence-corrected chi connectivity index (χ0v) is 22.8.